The molecule has 0 radical (unpaired) electrons. The minimum absolute atomic E-state index is 0.112. The summed E-state index contributed by atoms with van der Waals surface area (Å²) in [6.45, 7) is 4.54. The van der Waals surface area contributed by atoms with Gasteiger partial charge in [-0.15, -0.1) is 0 Å². The lowest BCUT2D eigenvalue weighted by Crippen LogP contribution is -2.59. The Morgan fingerprint density at radius 2 is 1.10 bits per heavy atom. The molecule has 0 amide bonds. The monoisotopic (exact) mass is 715 g/mol. The van der Waals surface area contributed by atoms with Crippen molar-refractivity contribution in [2.24, 2.45) is 0 Å². The summed E-state index contributed by atoms with van der Waals surface area (Å²) < 4.78 is 22.7. The molecule has 9 heteroatoms. The third-order valence-corrected chi connectivity index (χ3v) is 9.68. The van der Waals surface area contributed by atoms with E-state index in [2.05, 4.69) is 26.0 Å². The molecule has 4 N–H and O–H groups in total. The molecule has 0 aromatic heterocycles. The highest BCUT2D eigenvalue weighted by atomic mass is 16.7. The fraction of sp³-hybridized carbons (Fsp3) is 0.927. The summed E-state index contributed by atoms with van der Waals surface area (Å²) in [6, 6.07) is 0. The molecule has 1 fully saturated rings. The molecule has 50 heavy (non-hydrogen) atoms. The van der Waals surface area contributed by atoms with Crippen LogP contribution in [0.15, 0.2) is 12.2 Å². The van der Waals surface area contributed by atoms with Gasteiger partial charge in [-0.05, 0) is 38.5 Å². The Hall–Kier alpha value is -1.07. The largest absolute Gasteiger partial charge is 0.457 e. The first-order chi connectivity index (χ1) is 24.4. The topological polar surface area (TPSA) is 135 Å². The Morgan fingerprint density at radius 1 is 0.620 bits per heavy atom. The summed E-state index contributed by atoms with van der Waals surface area (Å²) in [5, 5.41) is 40.0. The fourth-order valence-corrected chi connectivity index (χ4v) is 6.37. The molecule has 6 unspecified atom stereocenters. The van der Waals surface area contributed by atoms with Crippen molar-refractivity contribution in [1.29, 1.82) is 0 Å². The molecule has 0 aromatic carbocycles. The van der Waals surface area contributed by atoms with Gasteiger partial charge in [0.05, 0.1) is 19.8 Å². The molecule has 1 heterocycles. The van der Waals surface area contributed by atoms with E-state index in [-0.39, 0.29) is 19.2 Å². The van der Waals surface area contributed by atoms with Gasteiger partial charge in [-0.1, -0.05) is 148 Å². The van der Waals surface area contributed by atoms with Gasteiger partial charge in [0.2, 0.25) is 0 Å². The standard InChI is InChI=1S/C41H78O9/c1-3-5-7-9-11-13-15-17-18-19-21-23-25-27-29-31-47-33-35(34-48-41-40(46)39(45)38(44)36(32-42)50-41)49-37(43)30-28-26-24-22-20-16-14-12-10-8-6-4-2/h12,14,35-36,38-42,44-46H,3-11,13,15-34H2,1-2H3/b14-12-. The van der Waals surface area contributed by atoms with E-state index >= 15 is 0 Å². The summed E-state index contributed by atoms with van der Waals surface area (Å²) >= 11 is 0. The second kappa shape index (κ2) is 33.7. The van der Waals surface area contributed by atoms with E-state index in [9.17, 15) is 25.2 Å². The van der Waals surface area contributed by atoms with E-state index in [0.717, 1.165) is 44.9 Å². The number of carbonyl (C=O) groups excluding carboxylic acids is 1. The molecule has 1 saturated heterocycles. The van der Waals surface area contributed by atoms with Crippen LogP contribution in [0.2, 0.25) is 0 Å². The van der Waals surface area contributed by atoms with Gasteiger partial charge in [0.25, 0.3) is 0 Å². The van der Waals surface area contributed by atoms with E-state index in [1.54, 1.807) is 0 Å². The Balaban J connectivity index is 2.29. The van der Waals surface area contributed by atoms with Gasteiger partial charge in [-0.2, -0.15) is 0 Å². The van der Waals surface area contributed by atoms with Gasteiger partial charge in [0, 0.05) is 13.0 Å². The minimum atomic E-state index is -1.53. The Bertz CT molecular complexity index is 777. The molecule has 0 aromatic rings. The lowest BCUT2D eigenvalue weighted by Gasteiger charge is -2.39. The molecular weight excluding hydrogens is 636 g/mol. The lowest BCUT2D eigenvalue weighted by molar-refractivity contribution is -0.305. The number of esters is 1. The summed E-state index contributed by atoms with van der Waals surface area (Å²) in [5.74, 6) is -0.321. The maximum atomic E-state index is 12.7. The van der Waals surface area contributed by atoms with Crippen LogP contribution in [0.3, 0.4) is 0 Å². The Labute approximate surface area is 305 Å². The molecule has 1 aliphatic heterocycles. The number of carbonyl (C=O) groups is 1. The maximum absolute atomic E-state index is 12.7. The highest BCUT2D eigenvalue weighted by Crippen LogP contribution is 2.22. The lowest BCUT2D eigenvalue weighted by atomic mass is 9.99. The second-order valence-corrected chi connectivity index (χ2v) is 14.4. The molecule has 296 valence electrons. The van der Waals surface area contributed by atoms with Gasteiger partial charge in [-0.3, -0.25) is 4.79 Å². The first-order valence-electron chi connectivity index (χ1n) is 20.8. The summed E-state index contributed by atoms with van der Waals surface area (Å²) in [7, 11) is 0. The smallest absolute Gasteiger partial charge is 0.306 e. The number of hydrogen-bond donors (Lipinski definition) is 4. The van der Waals surface area contributed by atoms with Gasteiger partial charge in [0.1, 0.15) is 30.5 Å². The highest BCUT2D eigenvalue weighted by Gasteiger charge is 2.44. The van der Waals surface area contributed by atoms with Crippen molar-refractivity contribution in [3.63, 3.8) is 0 Å². The number of unbranched alkanes of at least 4 members (excludes halogenated alkanes) is 22. The van der Waals surface area contributed by atoms with Crippen LogP contribution in [0, 0.1) is 0 Å². The highest BCUT2D eigenvalue weighted by molar-refractivity contribution is 5.69. The first kappa shape index (κ1) is 47.0. The number of aliphatic hydroxyl groups is 4. The van der Waals surface area contributed by atoms with Crippen LogP contribution in [0.5, 0.6) is 0 Å². The van der Waals surface area contributed by atoms with Crippen molar-refractivity contribution in [2.45, 2.75) is 218 Å². The van der Waals surface area contributed by atoms with Crippen LogP contribution in [0.4, 0.5) is 0 Å². The van der Waals surface area contributed by atoms with E-state index in [4.69, 9.17) is 18.9 Å². The molecule has 9 nitrogen and oxygen atoms in total. The van der Waals surface area contributed by atoms with Crippen LogP contribution in [0.25, 0.3) is 0 Å². The maximum Gasteiger partial charge on any atom is 0.306 e. The summed E-state index contributed by atoms with van der Waals surface area (Å²) in [4.78, 5) is 12.7. The SMILES string of the molecule is CCCCC/C=C\CCCCCCCC(=O)OC(COCCCCCCCCCCCCCCCCC)COC1OC(CO)C(O)C(O)C1O. The predicted molar refractivity (Wildman–Crippen MR) is 201 cm³/mol. The predicted octanol–water partition coefficient (Wildman–Crippen LogP) is 8.47. The van der Waals surface area contributed by atoms with Gasteiger partial charge < -0.3 is 39.4 Å². The zero-order chi connectivity index (χ0) is 36.5. The van der Waals surface area contributed by atoms with E-state index in [0.29, 0.717) is 13.0 Å². The number of aliphatic hydroxyl groups excluding tert-OH is 4. The van der Waals surface area contributed by atoms with Crippen LogP contribution in [-0.4, -0.2) is 89.6 Å². The van der Waals surface area contributed by atoms with E-state index in [1.807, 2.05) is 0 Å². The number of ether oxygens (including phenoxy) is 4. The van der Waals surface area contributed by atoms with Gasteiger partial charge in [-0.25, -0.2) is 0 Å². The van der Waals surface area contributed by atoms with Gasteiger partial charge in [0.15, 0.2) is 6.29 Å². The molecule has 0 aliphatic carbocycles. The van der Waals surface area contributed by atoms with Gasteiger partial charge >= 0.3 is 5.97 Å². The molecule has 0 spiro atoms. The van der Waals surface area contributed by atoms with Crippen molar-refractivity contribution in [3.05, 3.63) is 12.2 Å². The molecule has 1 rings (SSSR count). The molecule has 1 aliphatic rings. The molecule has 6 atom stereocenters. The van der Waals surface area contributed by atoms with Crippen molar-refractivity contribution in [3.8, 4) is 0 Å². The minimum Gasteiger partial charge on any atom is -0.457 e. The Kier molecular flexibility index (Phi) is 31.7. The molecule has 0 bridgehead atoms. The average molecular weight is 715 g/mol. The van der Waals surface area contributed by atoms with Crippen LogP contribution in [-0.2, 0) is 23.7 Å². The fourth-order valence-electron chi connectivity index (χ4n) is 6.37. The quantitative estimate of drug-likeness (QED) is 0.0290. The van der Waals surface area contributed by atoms with Crippen molar-refractivity contribution in [1.82, 2.24) is 0 Å². The number of hydrogen-bond acceptors (Lipinski definition) is 9. The third kappa shape index (κ3) is 25.0. The van der Waals surface area contributed by atoms with Crippen molar-refractivity contribution < 1.29 is 44.2 Å². The van der Waals surface area contributed by atoms with Crippen molar-refractivity contribution in [2.75, 3.05) is 26.4 Å². The first-order valence-corrected chi connectivity index (χ1v) is 20.8. The molecule has 0 saturated carbocycles. The van der Waals surface area contributed by atoms with Crippen molar-refractivity contribution >= 4 is 5.97 Å². The van der Waals surface area contributed by atoms with Crippen LogP contribution >= 0.6 is 0 Å². The normalized spacial score (nSPS) is 21.6. The van der Waals surface area contributed by atoms with Crippen LogP contribution < -0.4 is 0 Å². The zero-order valence-electron chi connectivity index (χ0n) is 32.2. The van der Waals surface area contributed by atoms with E-state index in [1.165, 1.54) is 116 Å². The van der Waals surface area contributed by atoms with E-state index < -0.39 is 43.4 Å². The third-order valence-electron chi connectivity index (χ3n) is 9.68. The Morgan fingerprint density at radius 3 is 1.66 bits per heavy atom. The summed E-state index contributed by atoms with van der Waals surface area (Å²) in [5.41, 5.74) is 0. The summed E-state index contributed by atoms with van der Waals surface area (Å²) in [6.07, 6.45) is 28.0. The number of allylic oxidation sites excluding steroid dienone is 2. The number of rotatable bonds is 35. The second-order valence-electron chi connectivity index (χ2n) is 14.4. The van der Waals surface area contributed by atoms with Crippen LogP contribution in [0.1, 0.15) is 181 Å². The zero-order valence-corrected chi connectivity index (χ0v) is 32.2. The molecular formula is C41H78O9. The average Bonchev–Trinajstić information content (AvgIpc) is 3.11.